The van der Waals surface area contributed by atoms with Crippen LogP contribution in [0.4, 0.5) is 11.4 Å². The van der Waals surface area contributed by atoms with Gasteiger partial charge in [-0.2, -0.15) is 0 Å². The molecule has 0 saturated heterocycles. The van der Waals surface area contributed by atoms with Crippen LogP contribution in [0.3, 0.4) is 0 Å². The first-order chi connectivity index (χ1) is 21.3. The lowest BCUT2D eigenvalue weighted by Gasteiger charge is -2.15. The van der Waals surface area contributed by atoms with E-state index in [1.807, 2.05) is 43.3 Å². The number of benzene rings is 4. The fourth-order valence-corrected chi connectivity index (χ4v) is 4.81. The van der Waals surface area contributed by atoms with E-state index in [2.05, 4.69) is 16.0 Å². The zero-order valence-electron chi connectivity index (χ0n) is 24.8. The molecule has 3 N–H and O–H groups in total. The number of rotatable bonds is 12. The fraction of sp³-hybridized carbons (Fsp3) is 0.147. The molecule has 9 nitrogen and oxygen atoms in total. The van der Waals surface area contributed by atoms with E-state index in [0.717, 1.165) is 16.1 Å². The normalized spacial score (nSPS) is 10.9. The molecule has 0 heterocycles. The summed E-state index contributed by atoms with van der Waals surface area (Å²) in [4.78, 5) is 39.7. The van der Waals surface area contributed by atoms with Crippen molar-refractivity contribution in [3.63, 3.8) is 0 Å². The van der Waals surface area contributed by atoms with Gasteiger partial charge in [0, 0.05) is 21.8 Å². The Balaban J connectivity index is 1.49. The van der Waals surface area contributed by atoms with Gasteiger partial charge in [0.1, 0.15) is 5.70 Å². The van der Waals surface area contributed by atoms with Gasteiger partial charge in [-0.3, -0.25) is 14.4 Å². The van der Waals surface area contributed by atoms with Crippen molar-refractivity contribution in [1.29, 1.82) is 0 Å². The van der Waals surface area contributed by atoms with E-state index in [1.165, 1.54) is 39.2 Å². The molecule has 0 radical (unpaired) electrons. The summed E-state index contributed by atoms with van der Waals surface area (Å²) in [5, 5.41) is 8.43. The van der Waals surface area contributed by atoms with E-state index in [4.69, 9.17) is 14.2 Å². The number of nitrogens with one attached hydrogen (secondary N) is 3. The third-order valence-corrected chi connectivity index (χ3v) is 7.36. The molecule has 0 aliphatic heterocycles. The van der Waals surface area contributed by atoms with Crippen LogP contribution in [0.2, 0.25) is 0 Å². The number of amides is 3. The number of aryl methyl sites for hydroxylation is 1. The summed E-state index contributed by atoms with van der Waals surface area (Å²) in [5.41, 5.74) is 3.30. The second kappa shape index (κ2) is 15.3. The van der Waals surface area contributed by atoms with Crippen molar-refractivity contribution in [2.75, 3.05) is 37.7 Å². The van der Waals surface area contributed by atoms with Crippen LogP contribution in [-0.4, -0.2) is 44.8 Å². The van der Waals surface area contributed by atoms with E-state index in [-0.39, 0.29) is 17.4 Å². The molecule has 4 aromatic rings. The van der Waals surface area contributed by atoms with Gasteiger partial charge in [0.15, 0.2) is 11.5 Å². The molecule has 0 atom stereocenters. The van der Waals surface area contributed by atoms with Crippen LogP contribution < -0.4 is 30.2 Å². The standard InChI is InChI=1S/C34H33N3O6S/c1-22-10-12-25(13-11-22)35-31(38)21-44-27-16-14-26(15-17-27)36-34(40)28(37-33(39)24-8-6-5-7-9-24)18-23-19-29(41-2)32(43-4)30(20-23)42-3/h5-20H,21H2,1-4H3,(H,35,38)(H,36,40)(H,37,39)/b28-18-. The maximum absolute atomic E-state index is 13.5. The Morgan fingerprint density at radius 1 is 0.750 bits per heavy atom. The molecule has 4 aromatic carbocycles. The number of hydrogen-bond donors (Lipinski definition) is 3. The lowest BCUT2D eigenvalue weighted by molar-refractivity contribution is -0.114. The SMILES string of the molecule is COc1cc(/C=C(\NC(=O)c2ccccc2)C(=O)Nc2ccc(SCC(=O)Nc3ccc(C)cc3)cc2)cc(OC)c1OC. The number of hydrogen-bond acceptors (Lipinski definition) is 7. The van der Waals surface area contributed by atoms with Crippen molar-refractivity contribution in [3.05, 3.63) is 113 Å². The van der Waals surface area contributed by atoms with Crippen LogP contribution >= 0.6 is 11.8 Å². The van der Waals surface area contributed by atoms with E-state index in [9.17, 15) is 14.4 Å². The third-order valence-electron chi connectivity index (χ3n) is 6.34. The predicted octanol–water partition coefficient (Wildman–Crippen LogP) is 6.16. The van der Waals surface area contributed by atoms with Crippen molar-refractivity contribution >= 4 is 46.9 Å². The van der Waals surface area contributed by atoms with Gasteiger partial charge in [0.05, 0.1) is 27.1 Å². The minimum atomic E-state index is -0.541. The summed E-state index contributed by atoms with van der Waals surface area (Å²) in [6.07, 6.45) is 1.53. The number of carbonyl (C=O) groups excluding carboxylic acids is 3. The van der Waals surface area contributed by atoms with Crippen molar-refractivity contribution in [2.24, 2.45) is 0 Å². The highest BCUT2D eigenvalue weighted by Crippen LogP contribution is 2.38. The summed E-state index contributed by atoms with van der Waals surface area (Å²) in [5.74, 6) is 0.313. The molecule has 10 heteroatoms. The largest absolute Gasteiger partial charge is 0.493 e. The van der Waals surface area contributed by atoms with Crippen molar-refractivity contribution in [2.45, 2.75) is 11.8 Å². The van der Waals surface area contributed by atoms with Crippen LogP contribution in [-0.2, 0) is 9.59 Å². The molecule has 0 spiro atoms. The molecule has 3 amide bonds. The van der Waals surface area contributed by atoms with Crippen LogP contribution in [0.25, 0.3) is 6.08 Å². The number of anilines is 2. The van der Waals surface area contributed by atoms with Crippen LogP contribution in [0.1, 0.15) is 21.5 Å². The maximum Gasteiger partial charge on any atom is 0.272 e. The van der Waals surface area contributed by atoms with E-state index >= 15 is 0 Å². The number of ether oxygens (including phenoxy) is 3. The Kier molecular flexibility index (Phi) is 11.0. The molecule has 226 valence electrons. The highest BCUT2D eigenvalue weighted by atomic mass is 32.2. The first-order valence-electron chi connectivity index (χ1n) is 13.6. The second-order valence-corrected chi connectivity index (χ2v) is 10.6. The zero-order valence-corrected chi connectivity index (χ0v) is 25.6. The molecular weight excluding hydrogens is 578 g/mol. The third kappa shape index (κ3) is 8.65. The first kappa shape index (κ1) is 31.7. The van der Waals surface area contributed by atoms with Crippen molar-refractivity contribution in [1.82, 2.24) is 5.32 Å². The molecule has 44 heavy (non-hydrogen) atoms. The lowest BCUT2D eigenvalue weighted by atomic mass is 10.1. The first-order valence-corrected chi connectivity index (χ1v) is 14.6. The Bertz CT molecular complexity index is 1610. The smallest absolute Gasteiger partial charge is 0.272 e. The number of thioether (sulfide) groups is 1. The molecule has 0 bridgehead atoms. The number of carbonyl (C=O) groups is 3. The van der Waals surface area contributed by atoms with E-state index in [0.29, 0.717) is 34.1 Å². The molecule has 0 fully saturated rings. The van der Waals surface area contributed by atoms with Gasteiger partial charge in [-0.05, 0) is 79.2 Å². The second-order valence-electron chi connectivity index (χ2n) is 9.52. The van der Waals surface area contributed by atoms with Crippen LogP contribution in [0.5, 0.6) is 17.2 Å². The maximum atomic E-state index is 13.5. The molecular formula is C34H33N3O6S. The van der Waals surface area contributed by atoms with Gasteiger partial charge < -0.3 is 30.2 Å². The summed E-state index contributed by atoms with van der Waals surface area (Å²) in [6, 6.07) is 26.6. The molecule has 0 aliphatic carbocycles. The van der Waals surface area contributed by atoms with E-state index < -0.39 is 11.8 Å². The number of methoxy groups -OCH3 is 3. The minimum Gasteiger partial charge on any atom is -0.493 e. The average molecular weight is 612 g/mol. The highest BCUT2D eigenvalue weighted by Gasteiger charge is 2.18. The average Bonchev–Trinajstić information content (AvgIpc) is 3.05. The predicted molar refractivity (Wildman–Crippen MR) is 174 cm³/mol. The quantitative estimate of drug-likeness (QED) is 0.130. The molecule has 0 aliphatic rings. The van der Waals surface area contributed by atoms with Gasteiger partial charge >= 0.3 is 0 Å². The molecule has 0 saturated carbocycles. The van der Waals surface area contributed by atoms with Gasteiger partial charge in [-0.25, -0.2) is 0 Å². The van der Waals surface area contributed by atoms with Crippen LogP contribution in [0.15, 0.2) is 102 Å². The fourth-order valence-electron chi connectivity index (χ4n) is 4.11. The van der Waals surface area contributed by atoms with Crippen molar-refractivity contribution in [3.8, 4) is 17.2 Å². The molecule has 0 aromatic heterocycles. The molecule has 4 rings (SSSR count). The van der Waals surface area contributed by atoms with Crippen molar-refractivity contribution < 1.29 is 28.6 Å². The summed E-state index contributed by atoms with van der Waals surface area (Å²) in [6.45, 7) is 1.99. The van der Waals surface area contributed by atoms with Crippen LogP contribution in [0, 0.1) is 6.92 Å². The summed E-state index contributed by atoms with van der Waals surface area (Å²) >= 11 is 1.38. The molecule has 0 unspecified atom stereocenters. The van der Waals surface area contributed by atoms with E-state index in [1.54, 1.807) is 54.6 Å². The summed E-state index contributed by atoms with van der Waals surface area (Å²) in [7, 11) is 4.49. The van der Waals surface area contributed by atoms with Gasteiger partial charge in [0.25, 0.3) is 11.8 Å². The summed E-state index contributed by atoms with van der Waals surface area (Å²) < 4.78 is 16.3. The minimum absolute atomic E-state index is 0.000598. The lowest BCUT2D eigenvalue weighted by Crippen LogP contribution is -2.30. The monoisotopic (exact) mass is 611 g/mol. The Hall–Kier alpha value is -5.22. The van der Waals surface area contributed by atoms with Gasteiger partial charge in [-0.15, -0.1) is 11.8 Å². The Morgan fingerprint density at radius 2 is 1.34 bits per heavy atom. The topological polar surface area (TPSA) is 115 Å². The van der Waals surface area contributed by atoms with Gasteiger partial charge in [0.2, 0.25) is 11.7 Å². The Labute approximate surface area is 260 Å². The highest BCUT2D eigenvalue weighted by molar-refractivity contribution is 8.00. The van der Waals surface area contributed by atoms with Gasteiger partial charge in [-0.1, -0.05) is 35.9 Å². The Morgan fingerprint density at radius 3 is 1.93 bits per heavy atom. The zero-order chi connectivity index (χ0) is 31.5.